The second kappa shape index (κ2) is 11.2. The lowest BCUT2D eigenvalue weighted by Gasteiger charge is -2.32. The van der Waals surface area contributed by atoms with E-state index in [0.717, 1.165) is 5.69 Å². The molecule has 1 saturated carbocycles. The van der Waals surface area contributed by atoms with Gasteiger partial charge >= 0.3 is 5.69 Å². The Bertz CT molecular complexity index is 1610. The van der Waals surface area contributed by atoms with Crippen LogP contribution >= 0.6 is 22.6 Å². The van der Waals surface area contributed by atoms with Crippen LogP contribution in [-0.4, -0.2) is 58.2 Å². The summed E-state index contributed by atoms with van der Waals surface area (Å²) in [5.74, 6) is 0.868. The number of halogens is 1. The maximum Gasteiger partial charge on any atom is 0.333 e. The van der Waals surface area contributed by atoms with Crippen molar-refractivity contribution in [3.8, 4) is 5.75 Å². The van der Waals surface area contributed by atoms with Crippen LogP contribution in [0.5, 0.6) is 5.75 Å². The number of anilines is 1. The minimum absolute atomic E-state index is 0.00508. The van der Waals surface area contributed by atoms with Gasteiger partial charge < -0.3 is 14.8 Å². The molecule has 13 nitrogen and oxygen atoms in total. The Morgan fingerprint density at radius 1 is 1.21 bits per heavy atom. The SMILES string of the molecule is CCCn1c(=O)n(C2CC(O)C2)c(=O)c2[nH]c(COc3ccc(N(C)C(=O)c4cnc(CI)cn4)nc3)nc21. The zero-order valence-electron chi connectivity index (χ0n) is 21.4. The van der Waals surface area contributed by atoms with Gasteiger partial charge in [-0.05, 0) is 31.4 Å². The molecular formula is C25H27IN8O5. The fourth-order valence-electron chi connectivity index (χ4n) is 4.39. The van der Waals surface area contributed by atoms with Crippen LogP contribution in [0.4, 0.5) is 5.82 Å². The number of aliphatic hydroxyl groups excluding tert-OH is 1. The number of fused-ring (bicyclic) bond motifs is 1. The number of imidazole rings is 1. The molecule has 0 aliphatic heterocycles. The Kier molecular flexibility index (Phi) is 7.74. The number of carbonyl (C=O) groups excluding carboxylic acids is 1. The molecule has 0 spiro atoms. The summed E-state index contributed by atoms with van der Waals surface area (Å²) in [6.07, 6.45) is 5.43. The number of rotatable bonds is 9. The largest absolute Gasteiger partial charge is 0.484 e. The number of hydrogen-bond donors (Lipinski definition) is 2. The van der Waals surface area contributed by atoms with Crippen molar-refractivity contribution in [2.75, 3.05) is 11.9 Å². The average molecular weight is 646 g/mol. The zero-order valence-corrected chi connectivity index (χ0v) is 23.5. The van der Waals surface area contributed by atoms with Gasteiger partial charge in [0.25, 0.3) is 11.5 Å². The first-order valence-electron chi connectivity index (χ1n) is 12.5. The minimum atomic E-state index is -0.499. The van der Waals surface area contributed by atoms with E-state index >= 15 is 0 Å². The molecule has 0 saturated heterocycles. The van der Waals surface area contributed by atoms with Gasteiger partial charge in [-0.2, -0.15) is 0 Å². The number of alkyl halides is 1. The molecule has 1 aliphatic rings. The monoisotopic (exact) mass is 646 g/mol. The van der Waals surface area contributed by atoms with E-state index in [1.165, 1.54) is 26.4 Å². The Hall–Kier alpha value is -3.66. The van der Waals surface area contributed by atoms with Crippen LogP contribution < -0.4 is 20.9 Å². The molecule has 14 heteroatoms. The van der Waals surface area contributed by atoms with Gasteiger partial charge in [0.15, 0.2) is 5.65 Å². The molecule has 0 aromatic carbocycles. The summed E-state index contributed by atoms with van der Waals surface area (Å²) in [5, 5.41) is 9.68. The smallest absolute Gasteiger partial charge is 0.333 e. The predicted octanol–water partition coefficient (Wildman–Crippen LogP) is 1.97. The number of aliphatic hydroxyl groups is 1. The molecule has 1 aliphatic carbocycles. The zero-order chi connectivity index (χ0) is 27.7. The van der Waals surface area contributed by atoms with Gasteiger partial charge in [0.2, 0.25) is 0 Å². The molecule has 1 fully saturated rings. The van der Waals surface area contributed by atoms with Crippen LogP contribution in [0.25, 0.3) is 11.2 Å². The minimum Gasteiger partial charge on any atom is -0.484 e. The summed E-state index contributed by atoms with van der Waals surface area (Å²) in [6.45, 7) is 2.35. The lowest BCUT2D eigenvalue weighted by Crippen LogP contribution is -2.47. The number of aromatic amines is 1. The summed E-state index contributed by atoms with van der Waals surface area (Å²) in [6, 6.07) is 2.98. The van der Waals surface area contributed by atoms with E-state index < -0.39 is 17.4 Å². The highest BCUT2D eigenvalue weighted by Crippen LogP contribution is 2.30. The number of carbonyl (C=O) groups is 1. The number of amides is 1. The molecule has 0 bridgehead atoms. The molecule has 2 N–H and O–H groups in total. The van der Waals surface area contributed by atoms with Crippen molar-refractivity contribution < 1.29 is 14.6 Å². The summed E-state index contributed by atoms with van der Waals surface area (Å²) in [7, 11) is 1.60. The maximum atomic E-state index is 13.1. The standard InChI is InChI=1S/C25H27IN8O5/c1-3-6-33-22-21(24(37)34(25(33)38)15-7-16(35)8-15)30-19(31-22)13-39-17-4-5-20(29-11-17)32(2)23(36)18-12-27-14(9-26)10-28-18/h4-5,10-12,15-16,35H,3,6-9,13H2,1-2H3,(H,30,31). The Balaban J connectivity index is 1.32. The third kappa shape index (κ3) is 5.30. The van der Waals surface area contributed by atoms with Crippen LogP contribution in [-0.2, 0) is 17.6 Å². The first kappa shape index (κ1) is 26.9. The summed E-state index contributed by atoms with van der Waals surface area (Å²) >= 11 is 2.18. The lowest BCUT2D eigenvalue weighted by molar-refractivity contribution is 0.0449. The van der Waals surface area contributed by atoms with Crippen LogP contribution in [0.15, 0.2) is 40.3 Å². The van der Waals surface area contributed by atoms with E-state index in [1.54, 1.807) is 25.4 Å². The quantitative estimate of drug-likeness (QED) is 0.205. The highest BCUT2D eigenvalue weighted by Gasteiger charge is 2.32. The van der Waals surface area contributed by atoms with Gasteiger partial charge in [-0.15, -0.1) is 0 Å². The summed E-state index contributed by atoms with van der Waals surface area (Å²) in [4.78, 5) is 60.5. The number of ether oxygens (including phenoxy) is 1. The second-order valence-corrected chi connectivity index (χ2v) is 10.1. The molecule has 1 amide bonds. The van der Waals surface area contributed by atoms with Gasteiger partial charge in [0.1, 0.15) is 35.2 Å². The van der Waals surface area contributed by atoms with Crippen LogP contribution in [0.1, 0.15) is 54.2 Å². The van der Waals surface area contributed by atoms with E-state index in [9.17, 15) is 19.5 Å². The van der Waals surface area contributed by atoms with Crippen LogP contribution in [0.2, 0.25) is 0 Å². The third-order valence-electron chi connectivity index (χ3n) is 6.57. The first-order chi connectivity index (χ1) is 18.8. The van der Waals surface area contributed by atoms with Crippen LogP contribution in [0.3, 0.4) is 0 Å². The highest BCUT2D eigenvalue weighted by molar-refractivity contribution is 14.1. The summed E-state index contributed by atoms with van der Waals surface area (Å²) in [5.41, 5.74) is 0.639. The van der Waals surface area contributed by atoms with E-state index in [1.807, 2.05) is 6.92 Å². The number of H-pyrrole nitrogens is 1. The van der Waals surface area contributed by atoms with Gasteiger partial charge in [-0.3, -0.25) is 28.6 Å². The normalized spacial score (nSPS) is 16.7. The molecule has 4 aromatic heterocycles. The summed E-state index contributed by atoms with van der Waals surface area (Å²) < 4.78 is 9.22. The number of pyridine rings is 1. The Labute approximate surface area is 236 Å². The van der Waals surface area contributed by atoms with Crippen molar-refractivity contribution in [2.45, 2.75) is 55.9 Å². The highest BCUT2D eigenvalue weighted by atomic mass is 127. The number of aryl methyl sites for hydroxylation is 1. The topological polar surface area (TPSA) is 161 Å². The van der Waals surface area contributed by atoms with Crippen molar-refractivity contribution in [1.29, 1.82) is 0 Å². The number of nitrogens with zero attached hydrogens (tertiary/aromatic N) is 7. The van der Waals surface area contributed by atoms with E-state index in [-0.39, 0.29) is 35.4 Å². The van der Waals surface area contributed by atoms with Crippen molar-refractivity contribution in [1.82, 2.24) is 34.1 Å². The van der Waals surface area contributed by atoms with E-state index in [0.29, 0.717) is 47.6 Å². The lowest BCUT2D eigenvalue weighted by atomic mass is 9.89. The van der Waals surface area contributed by atoms with Gasteiger partial charge in [-0.1, -0.05) is 29.5 Å². The maximum absolute atomic E-state index is 13.1. The van der Waals surface area contributed by atoms with Gasteiger partial charge in [0.05, 0.1) is 30.4 Å². The van der Waals surface area contributed by atoms with Crippen molar-refractivity contribution in [2.24, 2.45) is 0 Å². The Morgan fingerprint density at radius 3 is 2.62 bits per heavy atom. The average Bonchev–Trinajstić information content (AvgIpc) is 3.37. The fourth-order valence-corrected chi connectivity index (χ4v) is 4.78. The molecule has 0 atom stereocenters. The number of hydrogen-bond acceptors (Lipinski definition) is 9. The molecular weight excluding hydrogens is 619 g/mol. The van der Waals surface area contributed by atoms with Crippen molar-refractivity contribution in [3.63, 3.8) is 0 Å². The van der Waals surface area contributed by atoms with Crippen molar-refractivity contribution in [3.05, 3.63) is 68.8 Å². The number of nitrogens with one attached hydrogen (secondary N) is 1. The Morgan fingerprint density at radius 2 is 2.00 bits per heavy atom. The third-order valence-corrected chi connectivity index (χ3v) is 7.35. The van der Waals surface area contributed by atoms with E-state index in [2.05, 4.69) is 47.5 Å². The fraction of sp³-hybridized carbons (Fsp3) is 0.400. The number of aromatic nitrogens is 7. The van der Waals surface area contributed by atoms with E-state index in [4.69, 9.17) is 4.74 Å². The molecule has 4 aromatic rings. The predicted molar refractivity (Wildman–Crippen MR) is 150 cm³/mol. The molecule has 0 radical (unpaired) electrons. The van der Waals surface area contributed by atoms with Crippen LogP contribution in [0, 0.1) is 0 Å². The molecule has 0 unspecified atom stereocenters. The molecule has 39 heavy (non-hydrogen) atoms. The van der Waals surface area contributed by atoms with Gasteiger partial charge in [-0.25, -0.2) is 19.7 Å². The van der Waals surface area contributed by atoms with Gasteiger partial charge in [0, 0.05) is 24.1 Å². The van der Waals surface area contributed by atoms with Crippen molar-refractivity contribution >= 4 is 45.5 Å². The second-order valence-electron chi connectivity index (χ2n) is 9.30. The molecule has 5 rings (SSSR count). The first-order valence-corrected chi connectivity index (χ1v) is 14.0. The molecule has 204 valence electrons. The molecule has 4 heterocycles.